The van der Waals surface area contributed by atoms with Crippen LogP contribution in [0.1, 0.15) is 25.7 Å². The molecule has 0 unspecified atom stereocenters. The van der Waals surface area contributed by atoms with Crippen molar-refractivity contribution in [2.45, 2.75) is 38.3 Å². The van der Waals surface area contributed by atoms with Crippen molar-refractivity contribution in [1.82, 2.24) is 9.88 Å². The molecular formula is C15H19ClN2. The third kappa shape index (κ3) is 2.70. The zero-order valence-corrected chi connectivity index (χ0v) is 11.3. The van der Waals surface area contributed by atoms with E-state index >= 15 is 0 Å². The number of aryl methyl sites for hydroxylation is 1. The van der Waals surface area contributed by atoms with E-state index in [1.165, 1.54) is 36.6 Å². The topological polar surface area (TPSA) is 17.0 Å². The van der Waals surface area contributed by atoms with E-state index in [0.29, 0.717) is 0 Å². The van der Waals surface area contributed by atoms with Crippen molar-refractivity contribution >= 4 is 22.5 Å². The largest absolute Gasteiger partial charge is 0.346 e. The van der Waals surface area contributed by atoms with Gasteiger partial charge in [-0.3, -0.25) is 0 Å². The Morgan fingerprint density at radius 1 is 1.22 bits per heavy atom. The highest BCUT2D eigenvalue weighted by Crippen LogP contribution is 2.24. The molecule has 96 valence electrons. The molecule has 1 saturated carbocycles. The fourth-order valence-electron chi connectivity index (χ4n) is 2.40. The van der Waals surface area contributed by atoms with Crippen molar-refractivity contribution in [2.24, 2.45) is 0 Å². The SMILES string of the molecule is Clc1cccc2ccn(CCCCNC3CC3)c12. The molecule has 0 spiro atoms. The van der Waals surface area contributed by atoms with E-state index in [4.69, 9.17) is 11.6 Å². The Balaban J connectivity index is 1.56. The van der Waals surface area contributed by atoms with Crippen LogP contribution in [0.25, 0.3) is 10.9 Å². The van der Waals surface area contributed by atoms with Gasteiger partial charge in [-0.2, -0.15) is 0 Å². The molecule has 1 aromatic carbocycles. The molecule has 3 heteroatoms. The highest BCUT2D eigenvalue weighted by atomic mass is 35.5. The summed E-state index contributed by atoms with van der Waals surface area (Å²) >= 11 is 6.26. The molecule has 1 N–H and O–H groups in total. The van der Waals surface area contributed by atoms with E-state index in [2.05, 4.69) is 28.2 Å². The van der Waals surface area contributed by atoms with E-state index in [1.807, 2.05) is 12.1 Å². The van der Waals surface area contributed by atoms with E-state index in [1.54, 1.807) is 0 Å². The first-order valence-electron chi connectivity index (χ1n) is 6.81. The Morgan fingerprint density at radius 3 is 2.94 bits per heavy atom. The second-order valence-corrected chi connectivity index (χ2v) is 5.53. The van der Waals surface area contributed by atoms with Crippen molar-refractivity contribution in [1.29, 1.82) is 0 Å². The van der Waals surface area contributed by atoms with Gasteiger partial charge in [-0.15, -0.1) is 0 Å². The van der Waals surface area contributed by atoms with Gasteiger partial charge in [0.2, 0.25) is 0 Å². The molecule has 1 aliphatic carbocycles. The van der Waals surface area contributed by atoms with Crippen LogP contribution >= 0.6 is 11.6 Å². The Labute approximate surface area is 113 Å². The quantitative estimate of drug-likeness (QED) is 0.783. The highest BCUT2D eigenvalue weighted by molar-refractivity contribution is 6.35. The first-order chi connectivity index (χ1) is 8.84. The maximum atomic E-state index is 6.26. The number of benzene rings is 1. The summed E-state index contributed by atoms with van der Waals surface area (Å²) in [4.78, 5) is 0. The normalized spacial score (nSPS) is 15.4. The lowest BCUT2D eigenvalue weighted by Gasteiger charge is -2.07. The summed E-state index contributed by atoms with van der Waals surface area (Å²) < 4.78 is 2.27. The molecule has 2 aromatic rings. The molecule has 1 heterocycles. The Morgan fingerprint density at radius 2 is 2.11 bits per heavy atom. The molecule has 1 aromatic heterocycles. The number of nitrogens with one attached hydrogen (secondary N) is 1. The minimum absolute atomic E-state index is 0.826. The molecule has 1 fully saturated rings. The molecule has 0 saturated heterocycles. The molecule has 2 nitrogen and oxygen atoms in total. The van der Waals surface area contributed by atoms with E-state index in [9.17, 15) is 0 Å². The van der Waals surface area contributed by atoms with E-state index < -0.39 is 0 Å². The monoisotopic (exact) mass is 262 g/mol. The fourth-order valence-corrected chi connectivity index (χ4v) is 2.69. The second-order valence-electron chi connectivity index (χ2n) is 5.12. The fraction of sp³-hybridized carbons (Fsp3) is 0.467. The van der Waals surface area contributed by atoms with E-state index in [0.717, 1.165) is 24.2 Å². The van der Waals surface area contributed by atoms with Crippen molar-refractivity contribution in [3.63, 3.8) is 0 Å². The average Bonchev–Trinajstić information content (AvgIpc) is 3.09. The molecule has 18 heavy (non-hydrogen) atoms. The van der Waals surface area contributed by atoms with Crippen LogP contribution in [0.2, 0.25) is 5.02 Å². The summed E-state index contributed by atoms with van der Waals surface area (Å²) in [6, 6.07) is 9.06. The number of rotatable bonds is 6. The van der Waals surface area contributed by atoms with Gasteiger partial charge >= 0.3 is 0 Å². The van der Waals surface area contributed by atoms with Gasteiger partial charge in [-0.1, -0.05) is 23.7 Å². The zero-order chi connectivity index (χ0) is 12.4. The third-order valence-corrected chi connectivity index (χ3v) is 3.88. The highest BCUT2D eigenvalue weighted by Gasteiger charge is 2.19. The first kappa shape index (κ1) is 12.1. The van der Waals surface area contributed by atoms with Crippen LogP contribution in [-0.4, -0.2) is 17.2 Å². The molecule has 0 radical (unpaired) electrons. The van der Waals surface area contributed by atoms with Crippen LogP contribution in [0.5, 0.6) is 0 Å². The Hall–Kier alpha value is -0.990. The van der Waals surface area contributed by atoms with Gasteiger partial charge in [0.15, 0.2) is 0 Å². The van der Waals surface area contributed by atoms with Gasteiger partial charge in [0.1, 0.15) is 0 Å². The molecule has 1 aliphatic rings. The molecule has 0 bridgehead atoms. The standard InChI is InChI=1S/C15H19ClN2/c16-14-5-3-4-12-8-11-18(15(12)14)10-2-1-9-17-13-6-7-13/h3-5,8,11,13,17H,1-2,6-7,9-10H2. The lowest BCUT2D eigenvalue weighted by molar-refractivity contribution is 0.575. The van der Waals surface area contributed by atoms with Gasteiger partial charge in [0.05, 0.1) is 10.5 Å². The number of fused-ring (bicyclic) bond motifs is 1. The molecule has 0 atom stereocenters. The number of hydrogen-bond donors (Lipinski definition) is 1. The van der Waals surface area contributed by atoms with Crippen molar-refractivity contribution < 1.29 is 0 Å². The summed E-state index contributed by atoms with van der Waals surface area (Å²) in [5.74, 6) is 0. The molecular weight excluding hydrogens is 244 g/mol. The van der Waals surface area contributed by atoms with Crippen LogP contribution in [0.4, 0.5) is 0 Å². The minimum atomic E-state index is 0.826. The van der Waals surface area contributed by atoms with Crippen molar-refractivity contribution in [2.75, 3.05) is 6.54 Å². The summed E-state index contributed by atoms with van der Waals surface area (Å²) in [5, 5.41) is 5.64. The second kappa shape index (κ2) is 5.33. The molecule has 0 aliphatic heterocycles. The maximum Gasteiger partial charge on any atom is 0.0669 e. The van der Waals surface area contributed by atoms with Crippen molar-refractivity contribution in [3.05, 3.63) is 35.5 Å². The van der Waals surface area contributed by atoms with Crippen LogP contribution in [0.3, 0.4) is 0 Å². The number of nitrogens with zero attached hydrogens (tertiary/aromatic N) is 1. The van der Waals surface area contributed by atoms with Crippen LogP contribution in [0.15, 0.2) is 30.5 Å². The summed E-state index contributed by atoms with van der Waals surface area (Å²) in [6.07, 6.45) is 7.33. The van der Waals surface area contributed by atoms with Gasteiger partial charge in [0, 0.05) is 24.2 Å². The van der Waals surface area contributed by atoms with Gasteiger partial charge in [-0.25, -0.2) is 0 Å². The van der Waals surface area contributed by atoms with Gasteiger partial charge in [-0.05, 0) is 44.4 Å². The lowest BCUT2D eigenvalue weighted by Crippen LogP contribution is -2.17. The number of hydrogen-bond acceptors (Lipinski definition) is 1. The number of para-hydroxylation sites is 1. The average molecular weight is 263 g/mol. The lowest BCUT2D eigenvalue weighted by atomic mass is 10.2. The minimum Gasteiger partial charge on any atom is -0.346 e. The predicted octanol–water partition coefficient (Wildman–Crippen LogP) is 3.83. The zero-order valence-electron chi connectivity index (χ0n) is 10.5. The Kier molecular flexibility index (Phi) is 3.57. The number of aromatic nitrogens is 1. The number of halogens is 1. The van der Waals surface area contributed by atoms with Gasteiger partial charge < -0.3 is 9.88 Å². The van der Waals surface area contributed by atoms with E-state index in [-0.39, 0.29) is 0 Å². The van der Waals surface area contributed by atoms with Crippen LogP contribution < -0.4 is 5.32 Å². The predicted molar refractivity (Wildman–Crippen MR) is 77.2 cm³/mol. The Bertz CT molecular complexity index is 528. The van der Waals surface area contributed by atoms with Crippen LogP contribution in [-0.2, 0) is 6.54 Å². The van der Waals surface area contributed by atoms with Gasteiger partial charge in [0.25, 0.3) is 0 Å². The summed E-state index contributed by atoms with van der Waals surface area (Å²) in [6.45, 7) is 2.21. The molecule has 0 amide bonds. The van der Waals surface area contributed by atoms with Crippen LogP contribution in [0, 0.1) is 0 Å². The third-order valence-electron chi connectivity index (χ3n) is 3.58. The number of unbranched alkanes of at least 4 members (excludes halogenated alkanes) is 1. The smallest absolute Gasteiger partial charge is 0.0669 e. The first-order valence-corrected chi connectivity index (χ1v) is 7.19. The van der Waals surface area contributed by atoms with Crippen molar-refractivity contribution in [3.8, 4) is 0 Å². The molecule has 3 rings (SSSR count). The maximum absolute atomic E-state index is 6.26. The summed E-state index contributed by atoms with van der Waals surface area (Å²) in [7, 11) is 0. The summed E-state index contributed by atoms with van der Waals surface area (Å²) in [5.41, 5.74) is 1.18.